The van der Waals surface area contributed by atoms with E-state index in [0.717, 1.165) is 12.1 Å². The molecule has 1 unspecified atom stereocenters. The predicted octanol–water partition coefficient (Wildman–Crippen LogP) is 1.84. The fraction of sp³-hybridized carbons (Fsp3) is 0.400. The fourth-order valence-corrected chi connectivity index (χ4v) is 1.76. The van der Waals surface area contributed by atoms with Crippen LogP contribution in [-0.2, 0) is 22.7 Å². The van der Waals surface area contributed by atoms with E-state index in [2.05, 4.69) is 0 Å². The normalized spacial score (nSPS) is 14.5. The maximum atomic E-state index is 12.4. The topological polar surface area (TPSA) is 74.6 Å². The molecule has 18 heavy (non-hydrogen) atoms. The first-order valence-corrected chi connectivity index (χ1v) is 6.41. The summed E-state index contributed by atoms with van der Waals surface area (Å²) in [5.74, 6) is 0. The van der Waals surface area contributed by atoms with Gasteiger partial charge in [0.05, 0.1) is 5.56 Å². The third-order valence-electron chi connectivity index (χ3n) is 2.28. The van der Waals surface area contributed by atoms with Crippen LogP contribution >= 0.6 is 0 Å². The van der Waals surface area contributed by atoms with Crippen molar-refractivity contribution in [3.05, 3.63) is 35.4 Å². The summed E-state index contributed by atoms with van der Waals surface area (Å²) in [7, 11) is -4.58. The molecule has 1 rings (SSSR count). The monoisotopic (exact) mass is 284 g/mol. The lowest BCUT2D eigenvalue weighted by Gasteiger charge is -2.10. The van der Waals surface area contributed by atoms with E-state index in [4.69, 9.17) is 9.66 Å². The Hall–Kier alpha value is -1.12. The Labute approximate surface area is 102 Å². The zero-order chi connectivity index (χ0) is 14.0. The zero-order valence-corrected chi connectivity index (χ0v) is 9.87. The van der Waals surface area contributed by atoms with Crippen molar-refractivity contribution >= 4 is 10.1 Å². The summed E-state index contributed by atoms with van der Waals surface area (Å²) in [5, 5.41) is 9.02. The number of aliphatic hydroxyl groups excluding tert-OH is 1. The molecular formula is C10H11F3O4S. The first kappa shape index (κ1) is 14.9. The molecule has 0 aliphatic heterocycles. The van der Waals surface area contributed by atoms with Crippen molar-refractivity contribution in [3.63, 3.8) is 0 Å². The highest BCUT2D eigenvalue weighted by Crippen LogP contribution is 2.29. The molecule has 0 bridgehead atoms. The molecule has 0 aliphatic rings. The van der Waals surface area contributed by atoms with Crippen LogP contribution in [0.25, 0.3) is 0 Å². The number of hydrogen-bond donors (Lipinski definition) is 2. The summed E-state index contributed by atoms with van der Waals surface area (Å²) < 4.78 is 66.6. The average Bonchev–Trinajstić information content (AvgIpc) is 2.23. The van der Waals surface area contributed by atoms with Crippen molar-refractivity contribution in [1.29, 1.82) is 0 Å². The van der Waals surface area contributed by atoms with Gasteiger partial charge in [-0.1, -0.05) is 18.2 Å². The molecule has 0 heterocycles. The van der Waals surface area contributed by atoms with Gasteiger partial charge >= 0.3 is 6.18 Å². The van der Waals surface area contributed by atoms with Gasteiger partial charge in [-0.2, -0.15) is 21.6 Å². The Morgan fingerprint density at radius 3 is 2.39 bits per heavy atom. The number of alkyl halides is 3. The Kier molecular flexibility index (Phi) is 4.36. The van der Waals surface area contributed by atoms with E-state index in [-0.39, 0.29) is 18.4 Å². The number of aryl methyl sites for hydroxylation is 1. The van der Waals surface area contributed by atoms with Crippen LogP contribution in [0.2, 0.25) is 0 Å². The van der Waals surface area contributed by atoms with E-state index in [1.54, 1.807) is 0 Å². The number of halogens is 3. The molecule has 8 heteroatoms. The lowest BCUT2D eigenvalue weighted by atomic mass is 10.1. The van der Waals surface area contributed by atoms with Crippen LogP contribution in [0.15, 0.2) is 24.3 Å². The van der Waals surface area contributed by atoms with E-state index in [9.17, 15) is 21.6 Å². The molecule has 0 aromatic heterocycles. The van der Waals surface area contributed by atoms with Crippen molar-refractivity contribution < 1.29 is 31.2 Å². The molecule has 0 amide bonds. The van der Waals surface area contributed by atoms with Crippen molar-refractivity contribution in [2.75, 3.05) is 0 Å². The van der Waals surface area contributed by atoms with Crippen LogP contribution < -0.4 is 0 Å². The minimum atomic E-state index is -4.58. The lowest BCUT2D eigenvalue weighted by Crippen LogP contribution is -2.20. The quantitative estimate of drug-likeness (QED) is 0.827. The smallest absolute Gasteiger partial charge is 0.375 e. The maximum Gasteiger partial charge on any atom is 0.416 e. The second-order valence-corrected chi connectivity index (χ2v) is 5.28. The van der Waals surface area contributed by atoms with Gasteiger partial charge in [0.15, 0.2) is 5.44 Å². The van der Waals surface area contributed by atoms with Gasteiger partial charge in [-0.05, 0) is 24.5 Å². The Morgan fingerprint density at radius 2 is 1.89 bits per heavy atom. The van der Waals surface area contributed by atoms with Crippen LogP contribution in [0.1, 0.15) is 17.5 Å². The third-order valence-corrected chi connectivity index (χ3v) is 3.20. The standard InChI is InChI=1S/C10H11F3O4S/c11-10(12,13)8-3-1-2-7(6-8)4-5-9(14)18(15,16)17/h1-3,6,9,14H,4-5H2,(H,15,16,17). The third kappa shape index (κ3) is 4.28. The minimum absolute atomic E-state index is 0.0924. The van der Waals surface area contributed by atoms with Crippen molar-refractivity contribution in [1.82, 2.24) is 0 Å². The first-order valence-electron chi connectivity index (χ1n) is 4.91. The molecule has 4 nitrogen and oxygen atoms in total. The summed E-state index contributed by atoms with van der Waals surface area (Å²) in [6.07, 6.45) is -4.94. The zero-order valence-electron chi connectivity index (χ0n) is 9.05. The molecule has 102 valence electrons. The molecule has 0 saturated carbocycles. The summed E-state index contributed by atoms with van der Waals surface area (Å²) in [6.45, 7) is 0. The molecule has 1 aromatic carbocycles. The second kappa shape index (κ2) is 5.25. The van der Waals surface area contributed by atoms with Gasteiger partial charge in [-0.15, -0.1) is 0 Å². The van der Waals surface area contributed by atoms with Gasteiger partial charge < -0.3 is 5.11 Å². The SMILES string of the molecule is O=S(=O)(O)C(O)CCc1cccc(C(F)(F)F)c1. The number of aliphatic hydroxyl groups is 1. The van der Waals surface area contributed by atoms with E-state index in [1.165, 1.54) is 12.1 Å². The van der Waals surface area contributed by atoms with Gasteiger partial charge in [0.25, 0.3) is 10.1 Å². The van der Waals surface area contributed by atoms with E-state index in [1.807, 2.05) is 0 Å². The first-order chi connectivity index (χ1) is 8.10. The lowest BCUT2D eigenvalue weighted by molar-refractivity contribution is -0.137. The van der Waals surface area contributed by atoms with Gasteiger partial charge in [0, 0.05) is 0 Å². The van der Waals surface area contributed by atoms with Crippen molar-refractivity contribution in [3.8, 4) is 0 Å². The molecule has 1 aromatic rings. The highest BCUT2D eigenvalue weighted by atomic mass is 32.2. The Balaban J connectivity index is 2.75. The van der Waals surface area contributed by atoms with Gasteiger partial charge in [-0.3, -0.25) is 4.55 Å². The predicted molar refractivity (Wildman–Crippen MR) is 57.3 cm³/mol. The maximum absolute atomic E-state index is 12.4. The van der Waals surface area contributed by atoms with Crippen LogP contribution in [0.4, 0.5) is 13.2 Å². The summed E-state index contributed by atoms with van der Waals surface area (Å²) in [6, 6.07) is 4.34. The second-order valence-electron chi connectivity index (χ2n) is 3.71. The summed E-state index contributed by atoms with van der Waals surface area (Å²) in [5.41, 5.74) is -2.61. The average molecular weight is 284 g/mol. The number of rotatable bonds is 4. The highest BCUT2D eigenvalue weighted by molar-refractivity contribution is 7.86. The molecule has 2 N–H and O–H groups in total. The van der Waals surface area contributed by atoms with Crippen molar-refractivity contribution in [2.45, 2.75) is 24.5 Å². The summed E-state index contributed by atoms with van der Waals surface area (Å²) in [4.78, 5) is 0. The molecule has 0 fully saturated rings. The summed E-state index contributed by atoms with van der Waals surface area (Å²) >= 11 is 0. The van der Waals surface area contributed by atoms with E-state index in [0.29, 0.717) is 0 Å². The van der Waals surface area contributed by atoms with Crippen LogP contribution in [0.3, 0.4) is 0 Å². The van der Waals surface area contributed by atoms with Crippen LogP contribution in [0.5, 0.6) is 0 Å². The molecule has 0 radical (unpaired) electrons. The Morgan fingerprint density at radius 1 is 1.28 bits per heavy atom. The largest absolute Gasteiger partial charge is 0.416 e. The van der Waals surface area contributed by atoms with Gasteiger partial charge in [0.2, 0.25) is 0 Å². The van der Waals surface area contributed by atoms with Gasteiger partial charge in [-0.25, -0.2) is 0 Å². The van der Waals surface area contributed by atoms with E-state index >= 15 is 0 Å². The number of benzene rings is 1. The molecule has 0 saturated heterocycles. The molecular weight excluding hydrogens is 273 g/mol. The van der Waals surface area contributed by atoms with Gasteiger partial charge in [0.1, 0.15) is 0 Å². The molecule has 0 spiro atoms. The van der Waals surface area contributed by atoms with Crippen LogP contribution in [-0.4, -0.2) is 23.5 Å². The molecule has 1 atom stereocenters. The highest BCUT2D eigenvalue weighted by Gasteiger charge is 2.30. The molecule has 0 aliphatic carbocycles. The Bertz CT molecular complexity index is 510. The number of hydrogen-bond acceptors (Lipinski definition) is 3. The fourth-order valence-electron chi connectivity index (χ4n) is 1.34. The minimum Gasteiger partial charge on any atom is -0.375 e. The van der Waals surface area contributed by atoms with E-state index < -0.39 is 27.3 Å². The van der Waals surface area contributed by atoms with Crippen LogP contribution in [0, 0.1) is 0 Å². The van der Waals surface area contributed by atoms with Crippen molar-refractivity contribution in [2.24, 2.45) is 0 Å².